The van der Waals surface area contributed by atoms with Crippen molar-refractivity contribution in [2.24, 2.45) is 5.92 Å². The van der Waals surface area contributed by atoms with Crippen LogP contribution in [0.4, 0.5) is 0 Å². The van der Waals surface area contributed by atoms with Crippen molar-refractivity contribution in [1.82, 2.24) is 9.97 Å². The Labute approximate surface area is 127 Å². The van der Waals surface area contributed by atoms with Crippen molar-refractivity contribution >= 4 is 32.7 Å². The summed E-state index contributed by atoms with van der Waals surface area (Å²) in [7, 11) is 0. The van der Waals surface area contributed by atoms with Crippen molar-refractivity contribution in [2.45, 2.75) is 44.9 Å². The zero-order valence-corrected chi connectivity index (χ0v) is 13.1. The van der Waals surface area contributed by atoms with E-state index >= 15 is 0 Å². The van der Waals surface area contributed by atoms with Crippen LogP contribution >= 0.6 is 15.9 Å². The number of halogens is 1. The lowest BCUT2D eigenvalue weighted by Crippen LogP contribution is -2.08. The Morgan fingerprint density at radius 1 is 1.30 bits per heavy atom. The molecule has 0 unspecified atom stereocenters. The molecule has 1 fully saturated rings. The fraction of sp³-hybridized carbons (Fsp3) is 0.500. The third-order valence-corrected chi connectivity index (χ3v) is 4.68. The first kappa shape index (κ1) is 13.8. The average Bonchev–Trinajstić information content (AvgIpc) is 2.67. The van der Waals surface area contributed by atoms with Crippen LogP contribution in [-0.4, -0.2) is 15.8 Å². The summed E-state index contributed by atoms with van der Waals surface area (Å²) < 4.78 is 0.910. The van der Waals surface area contributed by atoms with Crippen molar-refractivity contribution in [2.75, 3.05) is 0 Å². The van der Waals surface area contributed by atoms with Gasteiger partial charge in [0.15, 0.2) is 5.78 Å². The van der Waals surface area contributed by atoms with Crippen LogP contribution in [0.5, 0.6) is 0 Å². The molecule has 4 heteroatoms. The van der Waals surface area contributed by atoms with Crippen LogP contribution in [0, 0.1) is 5.92 Å². The molecule has 1 aliphatic carbocycles. The first-order valence-corrected chi connectivity index (χ1v) is 8.19. The van der Waals surface area contributed by atoms with Gasteiger partial charge >= 0.3 is 0 Å². The first-order valence-electron chi connectivity index (χ1n) is 7.40. The van der Waals surface area contributed by atoms with Gasteiger partial charge in [-0.15, -0.1) is 0 Å². The molecule has 0 radical (unpaired) electrons. The van der Waals surface area contributed by atoms with E-state index in [-0.39, 0.29) is 5.78 Å². The van der Waals surface area contributed by atoms with Gasteiger partial charge in [-0.3, -0.25) is 4.79 Å². The normalized spacial score (nSPS) is 17.2. The second kappa shape index (κ2) is 6.08. The number of carbonyl (C=O) groups is 1. The monoisotopic (exact) mass is 334 g/mol. The second-order valence-electron chi connectivity index (χ2n) is 5.74. The first-order chi connectivity index (χ1) is 9.74. The van der Waals surface area contributed by atoms with Gasteiger partial charge in [-0.25, -0.2) is 4.98 Å². The third kappa shape index (κ3) is 2.95. The Morgan fingerprint density at radius 3 is 2.80 bits per heavy atom. The number of pyridine rings is 1. The van der Waals surface area contributed by atoms with Crippen molar-refractivity contribution in [3.05, 3.63) is 28.5 Å². The number of carbonyl (C=O) groups excluding carboxylic acids is 1. The molecule has 0 spiro atoms. The van der Waals surface area contributed by atoms with Gasteiger partial charge in [0.1, 0.15) is 5.65 Å². The minimum absolute atomic E-state index is 0.253. The van der Waals surface area contributed by atoms with Crippen LogP contribution in [0.15, 0.2) is 22.9 Å². The molecular weight excluding hydrogens is 316 g/mol. The van der Waals surface area contributed by atoms with Gasteiger partial charge in [-0.1, -0.05) is 38.5 Å². The molecule has 0 aliphatic heterocycles. The maximum Gasteiger partial charge on any atom is 0.165 e. The summed E-state index contributed by atoms with van der Waals surface area (Å²) >= 11 is 3.42. The molecule has 0 saturated heterocycles. The topological polar surface area (TPSA) is 45.8 Å². The average molecular weight is 335 g/mol. The fourth-order valence-electron chi connectivity index (χ4n) is 3.15. The highest BCUT2D eigenvalue weighted by Crippen LogP contribution is 2.28. The summed E-state index contributed by atoms with van der Waals surface area (Å²) in [6, 6.07) is 1.97. The summed E-state index contributed by atoms with van der Waals surface area (Å²) in [6.45, 7) is 0. The van der Waals surface area contributed by atoms with Gasteiger partial charge in [0.2, 0.25) is 0 Å². The Hall–Kier alpha value is -1.16. The lowest BCUT2D eigenvalue weighted by molar-refractivity contribution is 0.0958. The molecular formula is C16H19BrN2O. The summed E-state index contributed by atoms with van der Waals surface area (Å²) in [5.41, 5.74) is 1.58. The van der Waals surface area contributed by atoms with Crippen molar-refractivity contribution in [3.8, 4) is 0 Å². The number of ketones is 1. The molecule has 0 aromatic carbocycles. The van der Waals surface area contributed by atoms with Crippen LogP contribution in [0.25, 0.3) is 11.0 Å². The van der Waals surface area contributed by atoms with Crippen molar-refractivity contribution in [1.29, 1.82) is 0 Å². The molecule has 0 amide bonds. The molecule has 2 heterocycles. The molecule has 0 bridgehead atoms. The zero-order chi connectivity index (χ0) is 13.9. The van der Waals surface area contributed by atoms with Gasteiger partial charge < -0.3 is 4.98 Å². The van der Waals surface area contributed by atoms with Crippen LogP contribution in [0.2, 0.25) is 0 Å². The number of nitrogens with zero attached hydrogens (tertiary/aromatic N) is 1. The van der Waals surface area contributed by atoms with E-state index in [1.807, 2.05) is 12.3 Å². The van der Waals surface area contributed by atoms with E-state index in [1.54, 1.807) is 6.20 Å². The van der Waals surface area contributed by atoms with E-state index in [0.29, 0.717) is 12.3 Å². The van der Waals surface area contributed by atoms with E-state index < -0.39 is 0 Å². The number of rotatable bonds is 3. The summed E-state index contributed by atoms with van der Waals surface area (Å²) in [6.07, 6.45) is 11.9. The SMILES string of the molecule is O=C(CC1CCCCCC1)c1c[nH]c2ncc(Br)cc12. The Kier molecular flexibility index (Phi) is 4.20. The number of fused-ring (bicyclic) bond motifs is 1. The second-order valence-corrected chi connectivity index (χ2v) is 6.65. The van der Waals surface area contributed by atoms with Crippen molar-refractivity contribution < 1.29 is 4.79 Å². The fourth-order valence-corrected chi connectivity index (χ4v) is 3.48. The molecule has 3 rings (SSSR count). The van der Waals surface area contributed by atoms with Crippen LogP contribution in [0.1, 0.15) is 55.3 Å². The maximum atomic E-state index is 12.5. The Balaban J connectivity index is 1.79. The third-order valence-electron chi connectivity index (χ3n) is 4.25. The summed E-state index contributed by atoms with van der Waals surface area (Å²) in [5.74, 6) is 0.818. The molecule has 2 aromatic heterocycles. The number of aromatic amines is 1. The molecule has 1 saturated carbocycles. The summed E-state index contributed by atoms with van der Waals surface area (Å²) in [4.78, 5) is 19.9. The predicted molar refractivity (Wildman–Crippen MR) is 83.9 cm³/mol. The van der Waals surface area contributed by atoms with Crippen LogP contribution < -0.4 is 0 Å². The highest BCUT2D eigenvalue weighted by atomic mass is 79.9. The number of hydrogen-bond donors (Lipinski definition) is 1. The quantitative estimate of drug-likeness (QED) is 0.642. The van der Waals surface area contributed by atoms with E-state index in [9.17, 15) is 4.79 Å². The highest BCUT2D eigenvalue weighted by Gasteiger charge is 2.19. The molecule has 1 aliphatic rings. The number of aromatic nitrogens is 2. The summed E-state index contributed by atoms with van der Waals surface area (Å²) in [5, 5.41) is 0.929. The molecule has 1 N–H and O–H groups in total. The predicted octanol–water partition coefficient (Wildman–Crippen LogP) is 4.87. The number of H-pyrrole nitrogens is 1. The zero-order valence-electron chi connectivity index (χ0n) is 11.5. The minimum Gasteiger partial charge on any atom is -0.345 e. The van der Waals surface area contributed by atoms with Gasteiger partial charge in [0, 0.05) is 34.2 Å². The van der Waals surface area contributed by atoms with Crippen LogP contribution in [-0.2, 0) is 0 Å². The molecule has 3 nitrogen and oxygen atoms in total. The molecule has 106 valence electrons. The van der Waals surface area contributed by atoms with Crippen LogP contribution in [0.3, 0.4) is 0 Å². The lowest BCUT2D eigenvalue weighted by atomic mass is 9.92. The van der Waals surface area contributed by atoms with Crippen molar-refractivity contribution in [3.63, 3.8) is 0 Å². The number of Topliss-reactive ketones (excluding diaryl/α,β-unsaturated/α-hetero) is 1. The van der Waals surface area contributed by atoms with Gasteiger partial charge in [0.25, 0.3) is 0 Å². The van der Waals surface area contributed by atoms with E-state index in [2.05, 4.69) is 25.9 Å². The number of nitrogens with one attached hydrogen (secondary N) is 1. The molecule has 0 atom stereocenters. The van der Waals surface area contributed by atoms with Gasteiger partial charge in [-0.05, 0) is 27.9 Å². The Bertz CT molecular complexity index is 612. The Morgan fingerprint density at radius 2 is 2.05 bits per heavy atom. The minimum atomic E-state index is 0.253. The highest BCUT2D eigenvalue weighted by molar-refractivity contribution is 9.10. The van der Waals surface area contributed by atoms with E-state index in [1.165, 1.54) is 38.5 Å². The molecule has 2 aromatic rings. The van der Waals surface area contributed by atoms with Gasteiger partial charge in [-0.2, -0.15) is 0 Å². The molecule has 20 heavy (non-hydrogen) atoms. The lowest BCUT2D eigenvalue weighted by Gasteiger charge is -2.12. The maximum absolute atomic E-state index is 12.5. The smallest absolute Gasteiger partial charge is 0.165 e. The standard InChI is InChI=1S/C16H19BrN2O/c17-12-8-13-14(10-19-16(13)18-9-12)15(20)7-11-5-3-1-2-4-6-11/h8-11H,1-7H2,(H,18,19). The number of hydrogen-bond acceptors (Lipinski definition) is 2. The van der Waals surface area contributed by atoms with Gasteiger partial charge in [0.05, 0.1) is 0 Å². The van der Waals surface area contributed by atoms with E-state index in [0.717, 1.165) is 21.1 Å². The van der Waals surface area contributed by atoms with E-state index in [4.69, 9.17) is 0 Å². The largest absolute Gasteiger partial charge is 0.345 e.